The van der Waals surface area contributed by atoms with E-state index in [0.717, 1.165) is 11.1 Å². The standard InChI is InChI=1S/C18H20N2O3/c19-10-15(21)13-6-8-16(18-14(13)7-9-17(22)20-18)23-11-12-4-2-1-3-5-12/h1-9,15,17,20-22H,10-11,19H2/t15-,17?/m0/s1. The molecule has 0 aliphatic carbocycles. The van der Waals surface area contributed by atoms with Crippen molar-refractivity contribution in [2.45, 2.75) is 18.9 Å². The molecule has 0 amide bonds. The second kappa shape index (κ2) is 6.83. The summed E-state index contributed by atoms with van der Waals surface area (Å²) in [7, 11) is 0. The van der Waals surface area contributed by atoms with E-state index in [1.54, 1.807) is 24.3 Å². The summed E-state index contributed by atoms with van der Waals surface area (Å²) in [5.74, 6) is 0.625. The molecular weight excluding hydrogens is 292 g/mol. The van der Waals surface area contributed by atoms with Crippen LogP contribution in [-0.4, -0.2) is 23.0 Å². The molecule has 0 saturated carbocycles. The summed E-state index contributed by atoms with van der Waals surface area (Å²) < 4.78 is 5.89. The summed E-state index contributed by atoms with van der Waals surface area (Å²) in [6.45, 7) is 0.556. The molecule has 1 unspecified atom stereocenters. The highest BCUT2D eigenvalue weighted by atomic mass is 16.5. The Morgan fingerprint density at radius 3 is 2.70 bits per heavy atom. The summed E-state index contributed by atoms with van der Waals surface area (Å²) >= 11 is 0. The van der Waals surface area contributed by atoms with Gasteiger partial charge in [-0.1, -0.05) is 42.5 Å². The zero-order chi connectivity index (χ0) is 16.2. The first-order valence-electron chi connectivity index (χ1n) is 7.53. The van der Waals surface area contributed by atoms with Crippen molar-refractivity contribution in [1.82, 2.24) is 0 Å². The Morgan fingerprint density at radius 2 is 1.96 bits per heavy atom. The molecule has 23 heavy (non-hydrogen) atoms. The minimum Gasteiger partial charge on any atom is -0.487 e. The molecule has 0 bridgehead atoms. The van der Waals surface area contributed by atoms with E-state index < -0.39 is 12.3 Å². The Balaban J connectivity index is 1.91. The third-order valence-corrected chi connectivity index (χ3v) is 3.80. The average Bonchev–Trinajstić information content (AvgIpc) is 2.59. The summed E-state index contributed by atoms with van der Waals surface area (Å²) in [6.07, 6.45) is 1.86. The van der Waals surface area contributed by atoms with Gasteiger partial charge >= 0.3 is 0 Å². The second-order valence-electron chi connectivity index (χ2n) is 5.42. The Kier molecular flexibility index (Phi) is 4.62. The normalized spacial score (nSPS) is 17.3. The predicted octanol–water partition coefficient (Wildman–Crippen LogP) is 2.01. The van der Waals surface area contributed by atoms with Gasteiger partial charge in [-0.05, 0) is 23.3 Å². The van der Waals surface area contributed by atoms with Crippen molar-refractivity contribution in [1.29, 1.82) is 0 Å². The van der Waals surface area contributed by atoms with Crippen LogP contribution in [0.25, 0.3) is 6.08 Å². The van der Waals surface area contributed by atoms with Crippen molar-refractivity contribution >= 4 is 11.8 Å². The van der Waals surface area contributed by atoms with Crippen LogP contribution >= 0.6 is 0 Å². The third-order valence-electron chi connectivity index (χ3n) is 3.80. The van der Waals surface area contributed by atoms with Gasteiger partial charge in [0.15, 0.2) is 0 Å². The van der Waals surface area contributed by atoms with Crippen LogP contribution in [0.4, 0.5) is 5.69 Å². The highest BCUT2D eigenvalue weighted by Crippen LogP contribution is 2.37. The molecule has 5 heteroatoms. The van der Waals surface area contributed by atoms with Gasteiger partial charge in [0.05, 0.1) is 11.8 Å². The minimum absolute atomic E-state index is 0.132. The highest BCUT2D eigenvalue weighted by molar-refractivity contribution is 5.78. The molecule has 5 nitrogen and oxygen atoms in total. The highest BCUT2D eigenvalue weighted by Gasteiger charge is 2.21. The van der Waals surface area contributed by atoms with Crippen molar-refractivity contribution < 1.29 is 14.9 Å². The number of nitrogens with one attached hydrogen (secondary N) is 1. The monoisotopic (exact) mass is 312 g/mol. The maximum atomic E-state index is 10.1. The minimum atomic E-state index is -0.785. The SMILES string of the molecule is NC[C@H](O)c1ccc(OCc2ccccc2)c2c1C=CC(O)N2. The van der Waals surface area contributed by atoms with E-state index in [-0.39, 0.29) is 6.54 Å². The van der Waals surface area contributed by atoms with Crippen molar-refractivity contribution in [3.63, 3.8) is 0 Å². The molecule has 0 radical (unpaired) electrons. The van der Waals surface area contributed by atoms with Gasteiger partial charge in [0.2, 0.25) is 0 Å². The van der Waals surface area contributed by atoms with Gasteiger partial charge in [-0.25, -0.2) is 0 Å². The molecule has 1 aliphatic heterocycles. The summed E-state index contributed by atoms with van der Waals surface area (Å²) in [4.78, 5) is 0. The fourth-order valence-corrected chi connectivity index (χ4v) is 2.60. The topological polar surface area (TPSA) is 87.7 Å². The van der Waals surface area contributed by atoms with E-state index in [1.165, 1.54) is 0 Å². The van der Waals surface area contributed by atoms with Crippen LogP contribution in [0.5, 0.6) is 5.75 Å². The zero-order valence-electron chi connectivity index (χ0n) is 12.6. The second-order valence-corrected chi connectivity index (χ2v) is 5.42. The van der Waals surface area contributed by atoms with Gasteiger partial charge in [0, 0.05) is 12.1 Å². The number of hydrogen-bond acceptors (Lipinski definition) is 5. The van der Waals surface area contributed by atoms with Crippen molar-refractivity contribution in [2.24, 2.45) is 5.73 Å². The van der Waals surface area contributed by atoms with Gasteiger partial charge in [-0.3, -0.25) is 0 Å². The van der Waals surface area contributed by atoms with Crippen LogP contribution in [0.3, 0.4) is 0 Å². The lowest BCUT2D eigenvalue weighted by Crippen LogP contribution is -2.22. The van der Waals surface area contributed by atoms with Crippen LogP contribution in [0, 0.1) is 0 Å². The Labute approximate surface area is 135 Å². The van der Waals surface area contributed by atoms with Crippen LogP contribution in [0.1, 0.15) is 22.8 Å². The third kappa shape index (κ3) is 3.37. The van der Waals surface area contributed by atoms with E-state index in [4.69, 9.17) is 10.5 Å². The Bertz CT molecular complexity index is 701. The first kappa shape index (κ1) is 15.6. The lowest BCUT2D eigenvalue weighted by atomic mass is 9.97. The van der Waals surface area contributed by atoms with Crippen LogP contribution < -0.4 is 15.8 Å². The van der Waals surface area contributed by atoms with Crippen molar-refractivity contribution in [2.75, 3.05) is 11.9 Å². The number of hydrogen-bond donors (Lipinski definition) is 4. The number of aliphatic hydroxyl groups excluding tert-OH is 2. The summed E-state index contributed by atoms with van der Waals surface area (Å²) in [5.41, 5.74) is 8.79. The lowest BCUT2D eigenvalue weighted by molar-refractivity contribution is 0.186. The van der Waals surface area contributed by atoms with E-state index in [9.17, 15) is 10.2 Å². The van der Waals surface area contributed by atoms with Gasteiger partial charge in [-0.2, -0.15) is 0 Å². The first-order valence-corrected chi connectivity index (χ1v) is 7.53. The van der Waals surface area contributed by atoms with Gasteiger partial charge in [-0.15, -0.1) is 0 Å². The fraction of sp³-hybridized carbons (Fsp3) is 0.222. The average molecular weight is 312 g/mol. The number of benzene rings is 2. The summed E-state index contributed by atoms with van der Waals surface area (Å²) in [6, 6.07) is 13.4. The molecular formula is C18H20N2O3. The van der Waals surface area contributed by atoms with E-state index >= 15 is 0 Å². The smallest absolute Gasteiger partial charge is 0.144 e. The molecule has 1 aliphatic rings. The molecule has 2 aromatic rings. The predicted molar refractivity (Wildman–Crippen MR) is 89.9 cm³/mol. The van der Waals surface area contributed by atoms with Gasteiger partial charge < -0.3 is 26.0 Å². The Hall–Kier alpha value is -2.34. The number of aliphatic hydroxyl groups is 2. The van der Waals surface area contributed by atoms with Gasteiger partial charge in [0.25, 0.3) is 0 Å². The van der Waals surface area contributed by atoms with E-state index in [1.807, 2.05) is 30.3 Å². The summed E-state index contributed by atoms with van der Waals surface area (Å²) in [5, 5.41) is 22.8. The van der Waals surface area contributed by atoms with Crippen LogP contribution in [0.15, 0.2) is 48.5 Å². The first-order chi connectivity index (χ1) is 11.2. The number of ether oxygens (including phenoxy) is 1. The maximum Gasteiger partial charge on any atom is 0.144 e. The molecule has 0 saturated heterocycles. The number of anilines is 1. The molecule has 3 rings (SSSR count). The molecule has 0 fully saturated rings. The molecule has 0 spiro atoms. The molecule has 5 N–H and O–H groups in total. The number of rotatable bonds is 5. The van der Waals surface area contributed by atoms with Crippen molar-refractivity contribution in [3.8, 4) is 5.75 Å². The maximum absolute atomic E-state index is 10.1. The molecule has 120 valence electrons. The molecule has 2 aromatic carbocycles. The number of fused-ring (bicyclic) bond motifs is 1. The van der Waals surface area contributed by atoms with Crippen LogP contribution in [-0.2, 0) is 6.61 Å². The van der Waals surface area contributed by atoms with Crippen molar-refractivity contribution in [3.05, 3.63) is 65.2 Å². The lowest BCUT2D eigenvalue weighted by Gasteiger charge is -2.25. The molecule has 1 heterocycles. The fourth-order valence-electron chi connectivity index (χ4n) is 2.60. The Morgan fingerprint density at radius 1 is 1.17 bits per heavy atom. The molecule has 0 aromatic heterocycles. The van der Waals surface area contributed by atoms with E-state index in [2.05, 4.69) is 5.32 Å². The van der Waals surface area contributed by atoms with Crippen LogP contribution in [0.2, 0.25) is 0 Å². The zero-order valence-corrected chi connectivity index (χ0v) is 12.6. The molecule has 2 atom stereocenters. The quantitative estimate of drug-likeness (QED) is 0.678. The largest absolute Gasteiger partial charge is 0.487 e. The number of nitrogens with two attached hydrogens (primary N) is 1. The van der Waals surface area contributed by atoms with E-state index in [0.29, 0.717) is 23.6 Å². The van der Waals surface area contributed by atoms with Gasteiger partial charge in [0.1, 0.15) is 18.6 Å².